The number of carbonyl (C=O) groups is 4. The smallest absolute Gasteiger partial charge is 0.407 e. The minimum atomic E-state index is -0.927. The van der Waals surface area contributed by atoms with Crippen LogP contribution in [0.15, 0.2) is 0 Å². The monoisotopic (exact) mass is 489 g/mol. The highest BCUT2D eigenvalue weighted by atomic mass is 16.7. The number of alkyl carbamates (subject to hydrolysis) is 1. The molecule has 1 amide bonds. The Bertz CT molecular complexity index is 681. The van der Waals surface area contributed by atoms with Crippen LogP contribution in [-0.4, -0.2) is 74.0 Å². The first-order valence-corrected chi connectivity index (χ1v) is 11.6. The number of hydrogen-bond acceptors (Lipinski definition) is 10. The van der Waals surface area contributed by atoms with Crippen LogP contribution in [0.4, 0.5) is 4.79 Å². The van der Waals surface area contributed by atoms with Gasteiger partial charge in [-0.05, 0) is 39.5 Å². The topological polar surface area (TPSA) is 136 Å². The van der Waals surface area contributed by atoms with Crippen molar-refractivity contribution >= 4 is 24.0 Å². The molecule has 11 heteroatoms. The van der Waals surface area contributed by atoms with Crippen molar-refractivity contribution in [3.05, 3.63) is 0 Å². The van der Waals surface area contributed by atoms with Crippen LogP contribution >= 0.6 is 0 Å². The number of nitrogens with one attached hydrogen (secondary N) is 1. The first-order chi connectivity index (χ1) is 15.9. The zero-order chi connectivity index (χ0) is 25.7. The van der Waals surface area contributed by atoms with Gasteiger partial charge in [0.15, 0.2) is 12.4 Å². The Hall–Kier alpha value is -2.40. The van der Waals surface area contributed by atoms with Crippen LogP contribution in [0.2, 0.25) is 0 Å². The minimum Gasteiger partial charge on any atom is -0.463 e. The lowest BCUT2D eigenvalue weighted by Crippen LogP contribution is -2.54. The predicted octanol–water partition coefficient (Wildman–Crippen LogP) is 2.63. The van der Waals surface area contributed by atoms with Crippen molar-refractivity contribution in [2.45, 2.75) is 104 Å². The summed E-state index contributed by atoms with van der Waals surface area (Å²) < 4.78 is 32.6. The SMILES string of the molecule is CCC(C)(C)OC(=O)NCCCCCO[C@H]1C[C@@H](OC(C)=O)[C@@H](OC(C)=O)[C@@H](COC(C)=O)O1. The van der Waals surface area contributed by atoms with Crippen molar-refractivity contribution in [1.29, 1.82) is 0 Å². The number of amides is 1. The van der Waals surface area contributed by atoms with Crippen molar-refractivity contribution < 1.29 is 47.6 Å². The largest absolute Gasteiger partial charge is 0.463 e. The van der Waals surface area contributed by atoms with Gasteiger partial charge < -0.3 is 33.7 Å². The molecule has 0 aliphatic carbocycles. The van der Waals surface area contributed by atoms with Gasteiger partial charge >= 0.3 is 24.0 Å². The third-order valence-corrected chi connectivity index (χ3v) is 5.17. The van der Waals surface area contributed by atoms with Crippen LogP contribution in [0.1, 0.15) is 73.6 Å². The fourth-order valence-corrected chi connectivity index (χ4v) is 3.17. The highest BCUT2D eigenvalue weighted by Crippen LogP contribution is 2.27. The fraction of sp³-hybridized carbons (Fsp3) is 0.826. The van der Waals surface area contributed by atoms with Crippen LogP contribution in [0.5, 0.6) is 0 Å². The minimum absolute atomic E-state index is 0.161. The van der Waals surface area contributed by atoms with E-state index in [2.05, 4.69) is 5.32 Å². The van der Waals surface area contributed by atoms with E-state index in [1.165, 1.54) is 20.8 Å². The van der Waals surface area contributed by atoms with Gasteiger partial charge in [0.05, 0.1) is 0 Å². The second kappa shape index (κ2) is 14.8. The third kappa shape index (κ3) is 12.2. The Morgan fingerprint density at radius 2 is 1.65 bits per heavy atom. The molecule has 1 N–H and O–H groups in total. The Morgan fingerprint density at radius 3 is 2.24 bits per heavy atom. The molecule has 1 fully saturated rings. The van der Waals surface area contributed by atoms with Crippen molar-refractivity contribution in [2.24, 2.45) is 0 Å². The van der Waals surface area contributed by atoms with E-state index < -0.39 is 54.2 Å². The third-order valence-electron chi connectivity index (χ3n) is 5.17. The van der Waals surface area contributed by atoms with Gasteiger partial charge in [0.25, 0.3) is 0 Å². The van der Waals surface area contributed by atoms with Crippen LogP contribution in [0.25, 0.3) is 0 Å². The van der Waals surface area contributed by atoms with E-state index in [-0.39, 0.29) is 13.0 Å². The highest BCUT2D eigenvalue weighted by Gasteiger charge is 2.44. The van der Waals surface area contributed by atoms with E-state index in [1.807, 2.05) is 20.8 Å². The summed E-state index contributed by atoms with van der Waals surface area (Å²) in [6.07, 6.45) is -0.613. The fourth-order valence-electron chi connectivity index (χ4n) is 3.17. The molecule has 1 rings (SSSR count). The molecular weight excluding hydrogens is 450 g/mol. The number of carbonyl (C=O) groups excluding carboxylic acids is 4. The van der Waals surface area contributed by atoms with Gasteiger partial charge in [-0.2, -0.15) is 0 Å². The Kier molecular flexibility index (Phi) is 12.9. The maximum absolute atomic E-state index is 11.8. The van der Waals surface area contributed by atoms with Gasteiger partial charge in [0.2, 0.25) is 0 Å². The van der Waals surface area contributed by atoms with Crippen LogP contribution in [-0.2, 0) is 42.8 Å². The maximum atomic E-state index is 11.8. The quantitative estimate of drug-likeness (QED) is 0.234. The molecule has 0 spiro atoms. The molecule has 11 nitrogen and oxygen atoms in total. The van der Waals surface area contributed by atoms with Crippen LogP contribution in [0.3, 0.4) is 0 Å². The molecule has 34 heavy (non-hydrogen) atoms. The lowest BCUT2D eigenvalue weighted by Gasteiger charge is -2.39. The lowest BCUT2D eigenvalue weighted by molar-refractivity contribution is -0.266. The van der Waals surface area contributed by atoms with Gasteiger partial charge in [-0.3, -0.25) is 14.4 Å². The summed E-state index contributed by atoms with van der Waals surface area (Å²) in [4.78, 5) is 46.1. The molecule has 4 atom stereocenters. The molecule has 0 saturated carbocycles. The van der Waals surface area contributed by atoms with Gasteiger partial charge in [-0.25, -0.2) is 4.79 Å². The number of ether oxygens (including phenoxy) is 6. The zero-order valence-electron chi connectivity index (χ0n) is 21.0. The summed E-state index contributed by atoms with van der Waals surface area (Å²) in [5, 5.41) is 2.73. The molecule has 0 bridgehead atoms. The summed E-state index contributed by atoms with van der Waals surface area (Å²) in [6, 6.07) is 0. The normalized spacial score (nSPS) is 22.4. The van der Waals surface area contributed by atoms with Gasteiger partial charge in [0.1, 0.15) is 24.4 Å². The van der Waals surface area contributed by atoms with E-state index in [0.29, 0.717) is 19.6 Å². The predicted molar refractivity (Wildman–Crippen MR) is 120 cm³/mol. The summed E-state index contributed by atoms with van der Waals surface area (Å²) in [7, 11) is 0. The molecule has 1 aliphatic heterocycles. The second-order valence-electron chi connectivity index (χ2n) is 8.73. The average Bonchev–Trinajstić information content (AvgIpc) is 2.72. The summed E-state index contributed by atoms with van der Waals surface area (Å²) in [5.41, 5.74) is -0.496. The first kappa shape index (κ1) is 29.6. The molecule has 196 valence electrons. The van der Waals surface area contributed by atoms with Crippen LogP contribution < -0.4 is 5.32 Å². The van der Waals surface area contributed by atoms with Crippen LogP contribution in [0, 0.1) is 0 Å². The second-order valence-corrected chi connectivity index (χ2v) is 8.73. The van der Waals surface area contributed by atoms with E-state index in [1.54, 1.807) is 0 Å². The molecule has 0 unspecified atom stereocenters. The maximum Gasteiger partial charge on any atom is 0.407 e. The molecule has 0 radical (unpaired) electrons. The summed E-state index contributed by atoms with van der Waals surface area (Å²) >= 11 is 0. The van der Waals surface area contributed by atoms with Gasteiger partial charge in [-0.1, -0.05) is 6.92 Å². The summed E-state index contributed by atoms with van der Waals surface area (Å²) in [5.74, 6) is -1.64. The van der Waals surface area contributed by atoms with Crippen molar-refractivity contribution in [1.82, 2.24) is 5.32 Å². The van der Waals surface area contributed by atoms with E-state index in [4.69, 9.17) is 28.4 Å². The molecule has 0 aromatic rings. The number of rotatable bonds is 13. The molecule has 0 aromatic heterocycles. The van der Waals surface area contributed by atoms with Gasteiger partial charge in [0, 0.05) is 40.3 Å². The standard InChI is InChI=1S/C23H39NO10/c1-7-23(5,6)34-22(28)24-11-9-8-10-12-29-20-13-18(31-16(3)26)21(32-17(4)27)19(33-20)14-30-15(2)25/h18-21H,7-14H2,1-6H3,(H,24,28)/t18-,19-,20-,21-/m1/s1. The van der Waals surface area contributed by atoms with E-state index >= 15 is 0 Å². The average molecular weight is 490 g/mol. The Morgan fingerprint density at radius 1 is 0.971 bits per heavy atom. The first-order valence-electron chi connectivity index (χ1n) is 11.6. The number of unbranched alkanes of at least 4 members (excludes halogenated alkanes) is 2. The van der Waals surface area contributed by atoms with Gasteiger partial charge in [-0.15, -0.1) is 0 Å². The van der Waals surface area contributed by atoms with E-state index in [9.17, 15) is 19.2 Å². The Balaban J connectivity index is 2.49. The molecule has 1 aliphatic rings. The number of hydrogen-bond donors (Lipinski definition) is 1. The summed E-state index contributed by atoms with van der Waals surface area (Å²) in [6.45, 7) is 10.1. The highest BCUT2D eigenvalue weighted by molar-refractivity contribution is 5.68. The molecule has 1 heterocycles. The molecule has 0 aromatic carbocycles. The lowest BCUT2D eigenvalue weighted by atomic mass is 10.0. The molecule has 1 saturated heterocycles. The Labute approximate surface area is 201 Å². The molecular formula is C23H39NO10. The number of esters is 3. The van der Waals surface area contributed by atoms with E-state index in [0.717, 1.165) is 19.3 Å². The zero-order valence-corrected chi connectivity index (χ0v) is 21.0. The van der Waals surface area contributed by atoms with Crippen molar-refractivity contribution in [2.75, 3.05) is 19.8 Å². The van der Waals surface area contributed by atoms with Crippen molar-refractivity contribution in [3.8, 4) is 0 Å². The van der Waals surface area contributed by atoms with Crippen molar-refractivity contribution in [3.63, 3.8) is 0 Å².